The highest BCUT2D eigenvalue weighted by molar-refractivity contribution is 6.09. The largest absolute Gasteiger partial charge is 0.397 e. The van der Waals surface area contributed by atoms with Gasteiger partial charge in [0.25, 0.3) is 0 Å². The summed E-state index contributed by atoms with van der Waals surface area (Å²) in [5.74, 6) is 0.188. The molecule has 2 aromatic carbocycles. The van der Waals surface area contributed by atoms with Gasteiger partial charge in [-0.05, 0) is 30.0 Å². The summed E-state index contributed by atoms with van der Waals surface area (Å²) in [6.45, 7) is 0. The van der Waals surface area contributed by atoms with Gasteiger partial charge in [-0.3, -0.25) is 4.79 Å². The first kappa shape index (κ1) is 15.8. The number of nitrogens with zero attached hydrogens (tertiary/aromatic N) is 3. The quantitative estimate of drug-likeness (QED) is 0.592. The Hall–Kier alpha value is -3.47. The van der Waals surface area contributed by atoms with Gasteiger partial charge in [0.05, 0.1) is 34.2 Å². The highest BCUT2D eigenvalue weighted by Crippen LogP contribution is 2.37. The molecule has 0 spiro atoms. The lowest BCUT2D eigenvalue weighted by Crippen LogP contribution is -2.22. The van der Waals surface area contributed by atoms with E-state index in [4.69, 9.17) is 10.7 Å². The zero-order valence-electron chi connectivity index (χ0n) is 14.7. The van der Waals surface area contributed by atoms with Crippen molar-refractivity contribution in [1.82, 2.24) is 14.8 Å². The normalized spacial score (nSPS) is 16.4. The monoisotopic (exact) mass is 354 g/mol. The van der Waals surface area contributed by atoms with Gasteiger partial charge in [-0.25, -0.2) is 9.67 Å². The van der Waals surface area contributed by atoms with Crippen molar-refractivity contribution in [2.24, 2.45) is 0 Å². The van der Waals surface area contributed by atoms with E-state index >= 15 is 0 Å². The molecule has 2 N–H and O–H groups in total. The van der Waals surface area contributed by atoms with E-state index in [2.05, 4.69) is 17.2 Å². The fourth-order valence-corrected chi connectivity index (χ4v) is 3.92. The van der Waals surface area contributed by atoms with Crippen LogP contribution in [-0.2, 0) is 6.42 Å². The predicted molar refractivity (Wildman–Crippen MR) is 105 cm³/mol. The van der Waals surface area contributed by atoms with Crippen molar-refractivity contribution in [3.8, 4) is 5.69 Å². The highest BCUT2D eigenvalue weighted by Gasteiger charge is 2.31. The number of carbonyl (C=O) groups excluding carboxylic acids is 1. The van der Waals surface area contributed by atoms with Gasteiger partial charge in [0, 0.05) is 6.42 Å². The van der Waals surface area contributed by atoms with Gasteiger partial charge in [-0.15, -0.1) is 0 Å². The fraction of sp³-hybridized carbons (Fsp3) is 0.136. The third-order valence-corrected chi connectivity index (χ3v) is 5.25. The van der Waals surface area contributed by atoms with Crippen LogP contribution in [0.5, 0.6) is 0 Å². The number of ketones is 1. The molecule has 0 unspecified atom stereocenters. The molecule has 27 heavy (non-hydrogen) atoms. The van der Waals surface area contributed by atoms with Crippen LogP contribution in [0, 0.1) is 0 Å². The van der Waals surface area contributed by atoms with Gasteiger partial charge in [0.2, 0.25) is 0 Å². The minimum absolute atomic E-state index is 0.0597. The van der Waals surface area contributed by atoms with Crippen molar-refractivity contribution in [2.45, 2.75) is 18.8 Å². The molecule has 0 saturated heterocycles. The number of nitrogen functional groups attached to an aromatic ring is 1. The van der Waals surface area contributed by atoms with Crippen molar-refractivity contribution >= 4 is 22.5 Å². The summed E-state index contributed by atoms with van der Waals surface area (Å²) in [7, 11) is 0. The summed E-state index contributed by atoms with van der Waals surface area (Å²) in [6, 6.07) is 20.0. The molecule has 0 fully saturated rings. The van der Waals surface area contributed by atoms with E-state index < -0.39 is 0 Å². The van der Waals surface area contributed by atoms with Crippen LogP contribution in [0.25, 0.3) is 16.7 Å². The van der Waals surface area contributed by atoms with Crippen LogP contribution in [0.15, 0.2) is 66.9 Å². The van der Waals surface area contributed by atoms with Crippen LogP contribution in [-0.4, -0.2) is 20.5 Å². The van der Waals surface area contributed by atoms with Gasteiger partial charge in [-0.1, -0.05) is 48.5 Å². The molecule has 2 heterocycles. The standard InChI is InChI=1S/C22H18N4O/c23-21-17-13-24-26(16-9-5-2-6-10-16)22(17)25-18-11-15(12-19(27)20(18)21)14-7-3-1-4-8-14/h1-10,13,15H,11-12H2,(H2,23,25)/t15-/m0/s1. The molecule has 5 nitrogen and oxygen atoms in total. The number of para-hydroxylation sites is 1. The van der Waals surface area contributed by atoms with E-state index in [1.165, 1.54) is 0 Å². The third-order valence-electron chi connectivity index (χ3n) is 5.25. The molecule has 0 bridgehead atoms. The maximum absolute atomic E-state index is 12.9. The second-order valence-electron chi connectivity index (χ2n) is 6.92. The fourth-order valence-electron chi connectivity index (χ4n) is 3.92. The molecule has 5 heteroatoms. The SMILES string of the molecule is Nc1c2c(nc3c1cnn3-c1ccccc1)C[C@H](c1ccccc1)CC2=O. The summed E-state index contributed by atoms with van der Waals surface area (Å²) >= 11 is 0. The Morgan fingerprint density at radius 2 is 1.67 bits per heavy atom. The van der Waals surface area contributed by atoms with Crippen molar-refractivity contribution < 1.29 is 4.79 Å². The Morgan fingerprint density at radius 1 is 0.963 bits per heavy atom. The molecule has 4 aromatic rings. The lowest BCUT2D eigenvalue weighted by Gasteiger charge is -2.24. The van der Waals surface area contributed by atoms with Crippen LogP contribution in [0.1, 0.15) is 34.0 Å². The minimum atomic E-state index is 0.0597. The zero-order valence-corrected chi connectivity index (χ0v) is 14.7. The van der Waals surface area contributed by atoms with Crippen LogP contribution in [0.4, 0.5) is 5.69 Å². The number of pyridine rings is 1. The van der Waals surface area contributed by atoms with Crippen LogP contribution >= 0.6 is 0 Å². The second kappa shape index (κ2) is 6.06. The molecule has 1 aliphatic rings. The number of benzene rings is 2. The number of nitrogens with two attached hydrogens (primary N) is 1. The molecule has 1 aliphatic carbocycles. The summed E-state index contributed by atoms with van der Waals surface area (Å²) in [6.07, 6.45) is 2.86. The third kappa shape index (κ3) is 2.51. The molecule has 0 saturated carbocycles. The Bertz CT molecular complexity index is 1150. The van der Waals surface area contributed by atoms with Crippen molar-refractivity contribution in [2.75, 3.05) is 5.73 Å². The van der Waals surface area contributed by atoms with Gasteiger partial charge in [0.1, 0.15) is 0 Å². The maximum Gasteiger partial charge on any atom is 0.167 e. The average Bonchev–Trinajstić information content (AvgIpc) is 3.13. The molecule has 132 valence electrons. The Labute approximate surface area is 156 Å². The number of anilines is 1. The van der Waals surface area contributed by atoms with E-state index in [0.717, 1.165) is 22.3 Å². The first-order valence-electron chi connectivity index (χ1n) is 9.02. The lowest BCUT2D eigenvalue weighted by atomic mass is 9.81. The van der Waals surface area contributed by atoms with Gasteiger partial charge in [-0.2, -0.15) is 5.10 Å². The lowest BCUT2D eigenvalue weighted by molar-refractivity contribution is 0.0964. The van der Waals surface area contributed by atoms with Crippen LogP contribution < -0.4 is 5.73 Å². The van der Waals surface area contributed by atoms with E-state index in [1.54, 1.807) is 10.9 Å². The molecule has 1 atom stereocenters. The Kier molecular flexibility index (Phi) is 3.53. The van der Waals surface area contributed by atoms with Crippen molar-refractivity contribution in [1.29, 1.82) is 0 Å². The molecule has 5 rings (SSSR count). The zero-order chi connectivity index (χ0) is 18.4. The molecular formula is C22H18N4O. The van der Waals surface area contributed by atoms with Gasteiger partial charge in [0.15, 0.2) is 11.4 Å². The van der Waals surface area contributed by atoms with E-state index in [1.807, 2.05) is 48.5 Å². The summed E-state index contributed by atoms with van der Waals surface area (Å²) in [4.78, 5) is 17.7. The summed E-state index contributed by atoms with van der Waals surface area (Å²) < 4.78 is 1.78. The summed E-state index contributed by atoms with van der Waals surface area (Å²) in [5, 5.41) is 5.19. The minimum Gasteiger partial charge on any atom is -0.397 e. The van der Waals surface area contributed by atoms with E-state index in [9.17, 15) is 4.79 Å². The van der Waals surface area contributed by atoms with Crippen molar-refractivity contribution in [3.63, 3.8) is 0 Å². The predicted octanol–water partition coefficient (Wildman–Crippen LogP) is 3.92. The first-order chi connectivity index (χ1) is 13.2. The average molecular weight is 354 g/mol. The second-order valence-corrected chi connectivity index (χ2v) is 6.92. The Balaban J connectivity index is 1.67. The molecular weight excluding hydrogens is 336 g/mol. The number of aromatic nitrogens is 3. The Morgan fingerprint density at radius 3 is 2.41 bits per heavy atom. The number of fused-ring (bicyclic) bond motifs is 2. The van der Waals surface area contributed by atoms with Gasteiger partial charge < -0.3 is 5.73 Å². The summed E-state index contributed by atoms with van der Waals surface area (Å²) in [5.41, 5.74) is 11.0. The number of hydrogen-bond donors (Lipinski definition) is 1. The van der Waals surface area contributed by atoms with E-state index in [0.29, 0.717) is 29.7 Å². The molecule has 2 aromatic heterocycles. The molecule has 0 amide bonds. The van der Waals surface area contributed by atoms with E-state index in [-0.39, 0.29) is 11.7 Å². The smallest absolute Gasteiger partial charge is 0.167 e. The topological polar surface area (TPSA) is 73.8 Å². The number of carbonyl (C=O) groups is 1. The van der Waals surface area contributed by atoms with Gasteiger partial charge >= 0.3 is 0 Å². The molecule has 0 aliphatic heterocycles. The number of hydrogen-bond acceptors (Lipinski definition) is 4. The maximum atomic E-state index is 12.9. The molecule has 0 radical (unpaired) electrons. The van der Waals surface area contributed by atoms with Crippen molar-refractivity contribution in [3.05, 3.63) is 83.7 Å². The first-order valence-corrected chi connectivity index (χ1v) is 9.02. The van der Waals surface area contributed by atoms with Crippen LogP contribution in [0.2, 0.25) is 0 Å². The van der Waals surface area contributed by atoms with Crippen LogP contribution in [0.3, 0.4) is 0 Å². The number of Topliss-reactive ketones (excluding diaryl/α,β-unsaturated/α-hetero) is 1. The highest BCUT2D eigenvalue weighted by atomic mass is 16.1. The number of rotatable bonds is 2.